The predicted octanol–water partition coefficient (Wildman–Crippen LogP) is 3.04. The van der Waals surface area contributed by atoms with Crippen LogP contribution < -0.4 is 9.47 Å². The molecule has 0 aliphatic rings. The zero-order valence-corrected chi connectivity index (χ0v) is 12.2. The quantitative estimate of drug-likeness (QED) is 0.735. The van der Waals surface area contributed by atoms with Crippen molar-refractivity contribution >= 4 is 11.0 Å². The van der Waals surface area contributed by atoms with Gasteiger partial charge in [0.25, 0.3) is 0 Å². The number of imidazole rings is 1. The number of terminal acetylenes is 1. The van der Waals surface area contributed by atoms with E-state index in [4.69, 9.17) is 15.9 Å². The van der Waals surface area contributed by atoms with Gasteiger partial charge in [-0.2, -0.15) is 0 Å². The Morgan fingerprint density at radius 1 is 1.27 bits per heavy atom. The highest BCUT2D eigenvalue weighted by Gasteiger charge is 2.15. The molecule has 0 radical (unpaired) electrons. The molecule has 0 atom stereocenters. The third-order valence-electron chi connectivity index (χ3n) is 3.12. The maximum Gasteiger partial charge on any atom is 0.173 e. The number of nitrogens with one attached hydrogen (secondary N) is 1. The Labute approximate surface area is 128 Å². The van der Waals surface area contributed by atoms with E-state index in [1.54, 1.807) is 12.4 Å². The molecule has 3 aromatic rings. The number of rotatable bonds is 5. The number of hydrogen-bond donors (Lipinski definition) is 1. The van der Waals surface area contributed by atoms with Crippen molar-refractivity contribution in [3.63, 3.8) is 0 Å². The molecule has 0 saturated carbocycles. The van der Waals surface area contributed by atoms with Crippen molar-refractivity contribution in [1.29, 1.82) is 0 Å². The summed E-state index contributed by atoms with van der Waals surface area (Å²) in [6.07, 6.45) is 8.75. The molecular formula is C17H15N3O2. The number of ether oxygens (including phenoxy) is 2. The minimum atomic E-state index is 0.166. The summed E-state index contributed by atoms with van der Waals surface area (Å²) < 4.78 is 11.3. The molecule has 0 fully saturated rings. The van der Waals surface area contributed by atoms with Gasteiger partial charge in [0, 0.05) is 6.20 Å². The summed E-state index contributed by atoms with van der Waals surface area (Å²) in [7, 11) is 0. The van der Waals surface area contributed by atoms with E-state index in [0.29, 0.717) is 23.9 Å². The van der Waals surface area contributed by atoms with Crippen LogP contribution >= 0.6 is 0 Å². The van der Waals surface area contributed by atoms with E-state index in [1.165, 1.54) is 0 Å². The summed E-state index contributed by atoms with van der Waals surface area (Å²) in [6, 6.07) is 7.51. The molecule has 2 aromatic heterocycles. The molecular weight excluding hydrogens is 278 g/mol. The van der Waals surface area contributed by atoms with E-state index < -0.39 is 0 Å². The van der Waals surface area contributed by atoms with Gasteiger partial charge in [0.2, 0.25) is 0 Å². The number of aromatic nitrogens is 3. The van der Waals surface area contributed by atoms with Gasteiger partial charge in [0.05, 0.1) is 29.4 Å². The Hall–Kier alpha value is -3.00. The van der Waals surface area contributed by atoms with Gasteiger partial charge in [-0.05, 0) is 25.1 Å². The Balaban J connectivity index is 2.12. The van der Waals surface area contributed by atoms with E-state index in [0.717, 1.165) is 16.6 Å². The van der Waals surface area contributed by atoms with Crippen LogP contribution in [0.1, 0.15) is 6.92 Å². The van der Waals surface area contributed by atoms with Crippen LogP contribution in [0.15, 0.2) is 36.7 Å². The number of benzene rings is 1. The first kappa shape index (κ1) is 14.0. The fourth-order valence-corrected chi connectivity index (χ4v) is 2.22. The molecule has 2 heterocycles. The van der Waals surface area contributed by atoms with Crippen molar-refractivity contribution in [2.24, 2.45) is 0 Å². The predicted molar refractivity (Wildman–Crippen MR) is 84.8 cm³/mol. The highest BCUT2D eigenvalue weighted by atomic mass is 16.5. The monoisotopic (exact) mass is 293 g/mol. The smallest absolute Gasteiger partial charge is 0.173 e. The standard InChI is InChI=1S/C17H15N3O2/c1-3-10-22-16-12(6-5-7-15(16)21-4-2)17-19-13-8-9-18-11-14(13)20-17/h1,5-9,11H,4,10H2,2H3,(H,19,20). The van der Waals surface area contributed by atoms with E-state index >= 15 is 0 Å². The molecule has 22 heavy (non-hydrogen) atoms. The van der Waals surface area contributed by atoms with Gasteiger partial charge in [0.1, 0.15) is 12.4 Å². The van der Waals surface area contributed by atoms with Crippen molar-refractivity contribution in [2.75, 3.05) is 13.2 Å². The lowest BCUT2D eigenvalue weighted by Gasteiger charge is -2.13. The summed E-state index contributed by atoms with van der Waals surface area (Å²) in [5.41, 5.74) is 2.51. The third kappa shape index (κ3) is 2.59. The number of para-hydroxylation sites is 1. The zero-order chi connectivity index (χ0) is 15.4. The molecule has 0 spiro atoms. The molecule has 3 rings (SSSR count). The lowest BCUT2D eigenvalue weighted by molar-refractivity contribution is 0.300. The average molecular weight is 293 g/mol. The lowest BCUT2D eigenvalue weighted by atomic mass is 10.1. The van der Waals surface area contributed by atoms with Crippen LogP contribution in [0.25, 0.3) is 22.4 Å². The molecule has 5 nitrogen and oxygen atoms in total. The number of nitrogens with zero attached hydrogens (tertiary/aromatic N) is 2. The van der Waals surface area contributed by atoms with Crippen LogP contribution in [-0.2, 0) is 0 Å². The van der Waals surface area contributed by atoms with Gasteiger partial charge < -0.3 is 14.5 Å². The Kier molecular flexibility index (Phi) is 3.92. The maximum absolute atomic E-state index is 5.68. The minimum absolute atomic E-state index is 0.166. The van der Waals surface area contributed by atoms with Crippen LogP contribution in [-0.4, -0.2) is 28.2 Å². The SMILES string of the molecule is C#CCOc1c(OCC)cccc1-c1nc2ccncc2[nH]1. The molecule has 1 N–H and O–H groups in total. The van der Waals surface area contributed by atoms with Crippen molar-refractivity contribution in [2.45, 2.75) is 6.92 Å². The molecule has 0 bridgehead atoms. The minimum Gasteiger partial charge on any atom is -0.490 e. The fourth-order valence-electron chi connectivity index (χ4n) is 2.22. The van der Waals surface area contributed by atoms with Gasteiger partial charge in [-0.25, -0.2) is 4.98 Å². The van der Waals surface area contributed by atoms with E-state index in [9.17, 15) is 0 Å². The van der Waals surface area contributed by atoms with Crippen LogP contribution in [0.5, 0.6) is 11.5 Å². The van der Waals surface area contributed by atoms with E-state index in [-0.39, 0.29) is 6.61 Å². The summed E-state index contributed by atoms with van der Waals surface area (Å²) in [5, 5.41) is 0. The fraction of sp³-hybridized carbons (Fsp3) is 0.176. The molecule has 1 aromatic carbocycles. The van der Waals surface area contributed by atoms with Gasteiger partial charge in [0.15, 0.2) is 11.5 Å². The van der Waals surface area contributed by atoms with E-state index in [2.05, 4.69) is 20.9 Å². The number of fused-ring (bicyclic) bond motifs is 1. The summed E-state index contributed by atoms with van der Waals surface area (Å²) in [6.45, 7) is 2.63. The van der Waals surface area contributed by atoms with Crippen molar-refractivity contribution in [3.8, 4) is 35.2 Å². The Morgan fingerprint density at radius 3 is 2.95 bits per heavy atom. The number of aromatic amines is 1. The summed E-state index contributed by atoms with van der Waals surface area (Å²) in [5.74, 6) is 4.40. The second-order valence-corrected chi connectivity index (χ2v) is 4.54. The molecule has 5 heteroatoms. The summed E-state index contributed by atoms with van der Waals surface area (Å²) in [4.78, 5) is 11.9. The van der Waals surface area contributed by atoms with Crippen LogP contribution in [0.4, 0.5) is 0 Å². The first-order valence-corrected chi connectivity index (χ1v) is 6.95. The summed E-state index contributed by atoms with van der Waals surface area (Å²) >= 11 is 0. The number of hydrogen-bond acceptors (Lipinski definition) is 4. The molecule has 0 amide bonds. The first-order chi connectivity index (χ1) is 10.8. The maximum atomic E-state index is 5.68. The third-order valence-corrected chi connectivity index (χ3v) is 3.12. The normalized spacial score (nSPS) is 10.4. The van der Waals surface area contributed by atoms with Crippen LogP contribution in [0, 0.1) is 12.3 Å². The number of H-pyrrole nitrogens is 1. The first-order valence-electron chi connectivity index (χ1n) is 6.95. The van der Waals surface area contributed by atoms with E-state index in [1.807, 2.05) is 31.2 Å². The van der Waals surface area contributed by atoms with Crippen LogP contribution in [0.3, 0.4) is 0 Å². The van der Waals surface area contributed by atoms with Crippen LogP contribution in [0.2, 0.25) is 0 Å². The van der Waals surface area contributed by atoms with Gasteiger partial charge in [-0.15, -0.1) is 6.42 Å². The highest BCUT2D eigenvalue weighted by molar-refractivity contribution is 5.80. The van der Waals surface area contributed by atoms with Gasteiger partial charge in [-0.3, -0.25) is 4.98 Å². The molecule has 110 valence electrons. The average Bonchev–Trinajstić information content (AvgIpc) is 2.97. The molecule has 0 unspecified atom stereocenters. The molecule has 0 saturated heterocycles. The van der Waals surface area contributed by atoms with Gasteiger partial charge in [-0.1, -0.05) is 12.0 Å². The zero-order valence-electron chi connectivity index (χ0n) is 12.2. The van der Waals surface area contributed by atoms with Crippen molar-refractivity contribution in [1.82, 2.24) is 15.0 Å². The Bertz CT molecular complexity index is 800. The Morgan fingerprint density at radius 2 is 2.18 bits per heavy atom. The largest absolute Gasteiger partial charge is 0.490 e. The molecule has 0 aliphatic heterocycles. The lowest BCUT2D eigenvalue weighted by Crippen LogP contribution is -2.01. The second kappa shape index (κ2) is 6.19. The van der Waals surface area contributed by atoms with Crippen molar-refractivity contribution in [3.05, 3.63) is 36.7 Å². The number of pyridine rings is 1. The second-order valence-electron chi connectivity index (χ2n) is 4.54. The van der Waals surface area contributed by atoms with Gasteiger partial charge >= 0.3 is 0 Å². The highest BCUT2D eigenvalue weighted by Crippen LogP contribution is 2.37. The topological polar surface area (TPSA) is 60.0 Å². The van der Waals surface area contributed by atoms with Crippen molar-refractivity contribution < 1.29 is 9.47 Å². The molecule has 0 aliphatic carbocycles.